The Bertz CT molecular complexity index is 355. The molecular weight excluding hydrogens is 245 g/mol. The van der Waals surface area contributed by atoms with Crippen molar-refractivity contribution >= 4 is 23.2 Å². The number of hydrogen-bond acceptors (Lipinski definition) is 2. The number of ether oxygens (including phenoxy) is 1. The van der Waals surface area contributed by atoms with Crippen molar-refractivity contribution in [2.75, 3.05) is 13.2 Å². The van der Waals surface area contributed by atoms with Crippen molar-refractivity contribution in [3.05, 3.63) is 33.8 Å². The van der Waals surface area contributed by atoms with Crippen LogP contribution in [0.15, 0.2) is 18.2 Å². The summed E-state index contributed by atoms with van der Waals surface area (Å²) in [5, 5.41) is 4.84. The third-order valence-corrected chi connectivity index (χ3v) is 3.30. The van der Waals surface area contributed by atoms with Crippen molar-refractivity contribution in [1.82, 2.24) is 5.32 Å². The minimum Gasteiger partial charge on any atom is -0.379 e. The Hall–Kier alpha value is -0.280. The maximum Gasteiger partial charge on any atom is 0.0646 e. The Balaban J connectivity index is 1.98. The van der Waals surface area contributed by atoms with Crippen LogP contribution in [0.3, 0.4) is 0 Å². The van der Waals surface area contributed by atoms with E-state index in [9.17, 15) is 0 Å². The van der Waals surface area contributed by atoms with Crippen LogP contribution in [0.5, 0.6) is 0 Å². The zero-order chi connectivity index (χ0) is 11.6. The molecule has 1 fully saturated rings. The quantitative estimate of drug-likeness (QED) is 0.900. The van der Waals surface area contributed by atoms with E-state index in [0.29, 0.717) is 10.0 Å². The highest BCUT2D eigenvalue weighted by atomic mass is 35.5. The molecule has 1 aliphatic heterocycles. The molecular formula is C12H15Cl2NO. The fourth-order valence-electron chi connectivity index (χ4n) is 1.83. The molecule has 0 bridgehead atoms. The zero-order valence-electron chi connectivity index (χ0n) is 9.22. The minimum atomic E-state index is 0.0782. The second-order valence-electron chi connectivity index (χ2n) is 4.49. The predicted molar refractivity (Wildman–Crippen MR) is 67.1 cm³/mol. The first kappa shape index (κ1) is 12.2. The van der Waals surface area contributed by atoms with Crippen LogP contribution in [0.1, 0.15) is 18.9 Å². The van der Waals surface area contributed by atoms with Crippen molar-refractivity contribution in [3.63, 3.8) is 0 Å². The van der Waals surface area contributed by atoms with Crippen LogP contribution in [0.25, 0.3) is 0 Å². The van der Waals surface area contributed by atoms with E-state index < -0.39 is 0 Å². The molecule has 4 heteroatoms. The number of rotatable bonds is 3. The summed E-state index contributed by atoms with van der Waals surface area (Å²) >= 11 is 11.9. The van der Waals surface area contributed by atoms with Gasteiger partial charge < -0.3 is 10.1 Å². The van der Waals surface area contributed by atoms with Gasteiger partial charge in [0.25, 0.3) is 0 Å². The van der Waals surface area contributed by atoms with Crippen LogP contribution in [-0.4, -0.2) is 18.8 Å². The number of nitrogens with one attached hydrogen (secondary N) is 1. The highest BCUT2D eigenvalue weighted by molar-refractivity contribution is 6.34. The van der Waals surface area contributed by atoms with E-state index in [0.717, 1.165) is 31.7 Å². The van der Waals surface area contributed by atoms with Crippen molar-refractivity contribution in [3.8, 4) is 0 Å². The van der Waals surface area contributed by atoms with Gasteiger partial charge in [-0.1, -0.05) is 23.2 Å². The Morgan fingerprint density at radius 2 is 2.00 bits per heavy atom. The zero-order valence-corrected chi connectivity index (χ0v) is 10.7. The van der Waals surface area contributed by atoms with Crippen LogP contribution in [0.2, 0.25) is 10.0 Å². The molecule has 2 rings (SSSR count). The van der Waals surface area contributed by atoms with E-state index in [1.54, 1.807) is 6.07 Å². The maximum absolute atomic E-state index is 5.94. The molecule has 0 aliphatic carbocycles. The lowest BCUT2D eigenvalue weighted by Crippen LogP contribution is -2.42. The third kappa shape index (κ3) is 3.11. The summed E-state index contributed by atoms with van der Waals surface area (Å²) in [6.07, 6.45) is 1.04. The van der Waals surface area contributed by atoms with E-state index in [1.807, 2.05) is 12.1 Å². The van der Waals surface area contributed by atoms with Gasteiger partial charge in [0.05, 0.1) is 6.61 Å². The Morgan fingerprint density at radius 1 is 1.31 bits per heavy atom. The summed E-state index contributed by atoms with van der Waals surface area (Å²) in [7, 11) is 0. The van der Waals surface area contributed by atoms with Crippen molar-refractivity contribution in [1.29, 1.82) is 0 Å². The van der Waals surface area contributed by atoms with Gasteiger partial charge >= 0.3 is 0 Å². The molecule has 16 heavy (non-hydrogen) atoms. The smallest absolute Gasteiger partial charge is 0.0646 e. The van der Waals surface area contributed by atoms with Gasteiger partial charge in [0, 0.05) is 28.7 Å². The van der Waals surface area contributed by atoms with Gasteiger partial charge in [-0.05, 0) is 37.1 Å². The summed E-state index contributed by atoms with van der Waals surface area (Å²) in [6, 6.07) is 5.60. The summed E-state index contributed by atoms with van der Waals surface area (Å²) in [4.78, 5) is 0. The predicted octanol–water partition coefficient (Wildman–Crippen LogP) is 3.26. The van der Waals surface area contributed by atoms with E-state index in [1.165, 1.54) is 0 Å². The molecule has 1 unspecified atom stereocenters. The summed E-state index contributed by atoms with van der Waals surface area (Å²) in [5.74, 6) is 0. The van der Waals surface area contributed by atoms with Gasteiger partial charge in [-0.15, -0.1) is 0 Å². The van der Waals surface area contributed by atoms with E-state index in [4.69, 9.17) is 27.9 Å². The third-order valence-electron chi connectivity index (χ3n) is 2.86. The normalized spacial score (nSPS) is 24.9. The first-order valence-electron chi connectivity index (χ1n) is 5.35. The van der Waals surface area contributed by atoms with Crippen LogP contribution < -0.4 is 5.32 Å². The molecule has 2 nitrogen and oxygen atoms in total. The molecule has 0 spiro atoms. The molecule has 0 saturated carbocycles. The lowest BCUT2D eigenvalue weighted by molar-refractivity contribution is 0.171. The number of halogens is 2. The van der Waals surface area contributed by atoms with E-state index >= 15 is 0 Å². The monoisotopic (exact) mass is 259 g/mol. The van der Waals surface area contributed by atoms with Crippen LogP contribution in [-0.2, 0) is 11.3 Å². The second-order valence-corrected chi connectivity index (χ2v) is 5.37. The highest BCUT2D eigenvalue weighted by Crippen LogP contribution is 2.21. The highest BCUT2D eigenvalue weighted by Gasteiger charge is 2.28. The standard InChI is InChI=1S/C12H15Cl2NO/c1-12(2-3-16-8-12)15-7-9-4-10(13)6-11(14)5-9/h4-6,15H,2-3,7-8H2,1H3. The van der Waals surface area contributed by atoms with Gasteiger partial charge in [-0.3, -0.25) is 0 Å². The topological polar surface area (TPSA) is 21.3 Å². The average molecular weight is 260 g/mol. The lowest BCUT2D eigenvalue weighted by atomic mass is 10.0. The molecule has 0 aromatic heterocycles. The molecule has 1 saturated heterocycles. The molecule has 1 heterocycles. The molecule has 1 aromatic rings. The van der Waals surface area contributed by atoms with Crippen LogP contribution in [0.4, 0.5) is 0 Å². The molecule has 0 amide bonds. The van der Waals surface area contributed by atoms with E-state index in [2.05, 4.69) is 12.2 Å². The van der Waals surface area contributed by atoms with Gasteiger partial charge in [0.2, 0.25) is 0 Å². The fraction of sp³-hybridized carbons (Fsp3) is 0.500. The maximum atomic E-state index is 5.94. The molecule has 1 N–H and O–H groups in total. The molecule has 0 radical (unpaired) electrons. The summed E-state index contributed by atoms with van der Waals surface area (Å²) < 4.78 is 5.38. The molecule has 1 aliphatic rings. The molecule has 1 atom stereocenters. The van der Waals surface area contributed by atoms with Crippen LogP contribution in [0, 0.1) is 0 Å². The van der Waals surface area contributed by atoms with Crippen molar-refractivity contribution in [2.45, 2.75) is 25.4 Å². The van der Waals surface area contributed by atoms with Gasteiger partial charge in [-0.2, -0.15) is 0 Å². The van der Waals surface area contributed by atoms with Crippen molar-refractivity contribution in [2.24, 2.45) is 0 Å². The Kier molecular flexibility index (Phi) is 3.75. The van der Waals surface area contributed by atoms with Crippen molar-refractivity contribution < 1.29 is 4.74 Å². The van der Waals surface area contributed by atoms with E-state index in [-0.39, 0.29) is 5.54 Å². The number of benzene rings is 1. The first-order valence-corrected chi connectivity index (χ1v) is 6.11. The number of hydrogen-bond donors (Lipinski definition) is 1. The minimum absolute atomic E-state index is 0.0782. The average Bonchev–Trinajstić information content (AvgIpc) is 2.62. The SMILES string of the molecule is CC1(NCc2cc(Cl)cc(Cl)c2)CCOC1. The second kappa shape index (κ2) is 4.92. The lowest BCUT2D eigenvalue weighted by Gasteiger charge is -2.23. The summed E-state index contributed by atoms with van der Waals surface area (Å²) in [6.45, 7) is 4.54. The Labute approximate surface area is 106 Å². The van der Waals surface area contributed by atoms with Gasteiger partial charge in [-0.25, -0.2) is 0 Å². The Morgan fingerprint density at radius 3 is 2.56 bits per heavy atom. The fourth-order valence-corrected chi connectivity index (χ4v) is 2.41. The molecule has 88 valence electrons. The largest absolute Gasteiger partial charge is 0.379 e. The van der Waals surface area contributed by atoms with Gasteiger partial charge in [0.15, 0.2) is 0 Å². The van der Waals surface area contributed by atoms with Gasteiger partial charge in [0.1, 0.15) is 0 Å². The van der Waals surface area contributed by atoms with Crippen LogP contribution >= 0.6 is 23.2 Å². The molecule has 1 aromatic carbocycles. The first-order chi connectivity index (χ1) is 7.57. The summed E-state index contributed by atoms with van der Waals surface area (Å²) in [5.41, 5.74) is 1.18.